The molecule has 1 aliphatic carbocycles. The molecule has 3 amide bonds. The highest BCUT2D eigenvalue weighted by molar-refractivity contribution is 6.21. The van der Waals surface area contributed by atoms with Crippen LogP contribution in [0.4, 0.5) is 0 Å². The van der Waals surface area contributed by atoms with Gasteiger partial charge in [0.15, 0.2) is 6.10 Å². The molecule has 2 aliphatic rings. The molecule has 8 nitrogen and oxygen atoms in total. The summed E-state index contributed by atoms with van der Waals surface area (Å²) < 4.78 is 10.5. The number of amides is 3. The molecule has 1 unspecified atom stereocenters. The molecule has 1 aromatic carbocycles. The second-order valence-corrected chi connectivity index (χ2v) is 7.57. The Bertz CT molecular complexity index is 991. The Morgan fingerprint density at radius 2 is 1.90 bits per heavy atom. The number of nitrogens with zero attached hydrogens (tertiary/aromatic N) is 1. The number of ether oxygens (including phenoxy) is 1. The quantitative estimate of drug-likeness (QED) is 0.580. The van der Waals surface area contributed by atoms with E-state index in [0.29, 0.717) is 5.76 Å². The van der Waals surface area contributed by atoms with Crippen LogP contribution in [0.15, 0.2) is 41.0 Å². The van der Waals surface area contributed by atoms with Crippen molar-refractivity contribution < 1.29 is 28.3 Å². The Morgan fingerprint density at radius 3 is 2.60 bits per heavy atom. The third-order valence-electron chi connectivity index (χ3n) is 5.46. The van der Waals surface area contributed by atoms with E-state index in [2.05, 4.69) is 5.32 Å². The van der Waals surface area contributed by atoms with Gasteiger partial charge >= 0.3 is 5.97 Å². The predicted molar refractivity (Wildman–Crippen MR) is 105 cm³/mol. The van der Waals surface area contributed by atoms with Crippen molar-refractivity contribution in [2.75, 3.05) is 0 Å². The smallest absolute Gasteiger partial charge is 0.338 e. The van der Waals surface area contributed by atoms with Crippen LogP contribution in [0.5, 0.6) is 0 Å². The maximum atomic E-state index is 12.7. The summed E-state index contributed by atoms with van der Waals surface area (Å²) in [6.45, 7) is 1.52. The number of benzene rings is 1. The van der Waals surface area contributed by atoms with Gasteiger partial charge in [-0.3, -0.25) is 19.3 Å². The van der Waals surface area contributed by atoms with Gasteiger partial charge in [-0.1, -0.05) is 12.8 Å². The van der Waals surface area contributed by atoms with Crippen molar-refractivity contribution in [3.05, 3.63) is 59.0 Å². The molecule has 1 aliphatic heterocycles. The summed E-state index contributed by atoms with van der Waals surface area (Å²) in [4.78, 5) is 51.0. The highest BCUT2D eigenvalue weighted by Crippen LogP contribution is 2.26. The summed E-state index contributed by atoms with van der Waals surface area (Å²) in [5.41, 5.74) is 0.453. The zero-order chi connectivity index (χ0) is 21.3. The first kappa shape index (κ1) is 19.9. The number of carbonyl (C=O) groups excluding carboxylic acids is 4. The number of esters is 1. The minimum Gasteiger partial charge on any atom is -0.467 e. The van der Waals surface area contributed by atoms with Gasteiger partial charge in [-0.25, -0.2) is 4.79 Å². The summed E-state index contributed by atoms with van der Waals surface area (Å²) in [6, 6.07) is 7.65. The molecule has 1 atom stereocenters. The topological polar surface area (TPSA) is 106 Å². The SMILES string of the molecule is CC(OC(=O)c1ccc2c(c1)C(=O)N(Cc1ccco1)C2=O)C(=O)NC1CCCC1. The highest BCUT2D eigenvalue weighted by Gasteiger charge is 2.36. The van der Waals surface area contributed by atoms with E-state index in [1.807, 2.05) is 0 Å². The molecule has 156 valence electrons. The number of imide groups is 1. The zero-order valence-electron chi connectivity index (χ0n) is 16.6. The van der Waals surface area contributed by atoms with Gasteiger partial charge in [0.05, 0.1) is 29.5 Å². The van der Waals surface area contributed by atoms with Gasteiger partial charge in [-0.2, -0.15) is 0 Å². The first-order valence-electron chi connectivity index (χ1n) is 9.98. The lowest BCUT2D eigenvalue weighted by atomic mass is 10.1. The maximum absolute atomic E-state index is 12.7. The average molecular weight is 410 g/mol. The highest BCUT2D eigenvalue weighted by atomic mass is 16.5. The van der Waals surface area contributed by atoms with E-state index in [1.54, 1.807) is 12.1 Å². The van der Waals surface area contributed by atoms with Crippen molar-refractivity contribution >= 4 is 23.7 Å². The van der Waals surface area contributed by atoms with Gasteiger partial charge in [0.25, 0.3) is 17.7 Å². The molecule has 0 spiro atoms. The minimum absolute atomic E-state index is 0.0114. The summed E-state index contributed by atoms with van der Waals surface area (Å²) in [7, 11) is 0. The third-order valence-corrected chi connectivity index (χ3v) is 5.46. The van der Waals surface area contributed by atoms with Crippen LogP contribution in [0.3, 0.4) is 0 Å². The van der Waals surface area contributed by atoms with Crippen molar-refractivity contribution in [2.24, 2.45) is 0 Å². The van der Waals surface area contributed by atoms with E-state index in [4.69, 9.17) is 9.15 Å². The Kier molecular flexibility index (Phi) is 5.39. The van der Waals surface area contributed by atoms with E-state index in [-0.39, 0.29) is 35.2 Å². The Hall–Kier alpha value is -3.42. The van der Waals surface area contributed by atoms with Gasteiger partial charge in [0.2, 0.25) is 0 Å². The summed E-state index contributed by atoms with van der Waals surface area (Å²) >= 11 is 0. The van der Waals surface area contributed by atoms with E-state index < -0.39 is 23.9 Å². The number of carbonyl (C=O) groups is 4. The van der Waals surface area contributed by atoms with Crippen LogP contribution in [-0.2, 0) is 16.1 Å². The molecular weight excluding hydrogens is 388 g/mol. The molecule has 0 saturated heterocycles. The molecule has 0 bridgehead atoms. The van der Waals surface area contributed by atoms with E-state index in [0.717, 1.165) is 30.6 Å². The first-order valence-corrected chi connectivity index (χ1v) is 9.98. The molecule has 30 heavy (non-hydrogen) atoms. The fourth-order valence-electron chi connectivity index (χ4n) is 3.79. The fraction of sp³-hybridized carbons (Fsp3) is 0.364. The molecule has 1 N–H and O–H groups in total. The molecule has 0 radical (unpaired) electrons. The van der Waals surface area contributed by atoms with Crippen molar-refractivity contribution in [3.63, 3.8) is 0 Å². The molecular formula is C22H22N2O6. The second kappa shape index (κ2) is 8.14. The van der Waals surface area contributed by atoms with Crippen molar-refractivity contribution in [1.82, 2.24) is 10.2 Å². The second-order valence-electron chi connectivity index (χ2n) is 7.57. The van der Waals surface area contributed by atoms with E-state index in [1.165, 1.54) is 31.4 Å². The summed E-state index contributed by atoms with van der Waals surface area (Å²) in [6.07, 6.45) is 4.53. The van der Waals surface area contributed by atoms with Crippen LogP contribution >= 0.6 is 0 Å². The molecule has 8 heteroatoms. The molecule has 1 aromatic heterocycles. The lowest BCUT2D eigenvalue weighted by Gasteiger charge is -2.17. The Labute approximate surface area is 173 Å². The van der Waals surface area contributed by atoms with Crippen molar-refractivity contribution in [2.45, 2.75) is 51.3 Å². The normalized spacial score (nSPS) is 17.2. The molecule has 2 heterocycles. The fourth-order valence-corrected chi connectivity index (χ4v) is 3.79. The third kappa shape index (κ3) is 3.85. The van der Waals surface area contributed by atoms with Crippen LogP contribution in [0, 0.1) is 0 Å². The Balaban J connectivity index is 1.43. The summed E-state index contributed by atoms with van der Waals surface area (Å²) in [5.74, 6) is -1.54. The van der Waals surface area contributed by atoms with Crippen LogP contribution < -0.4 is 5.32 Å². The molecule has 1 saturated carbocycles. The molecule has 4 rings (SSSR count). The van der Waals surface area contributed by atoms with Gasteiger partial charge in [0, 0.05) is 6.04 Å². The number of rotatable bonds is 6. The first-order chi connectivity index (χ1) is 14.4. The maximum Gasteiger partial charge on any atom is 0.338 e. The van der Waals surface area contributed by atoms with Gasteiger partial charge in [-0.05, 0) is 50.1 Å². The molecule has 2 aromatic rings. The zero-order valence-corrected chi connectivity index (χ0v) is 16.6. The lowest BCUT2D eigenvalue weighted by molar-refractivity contribution is -0.129. The van der Waals surface area contributed by atoms with E-state index in [9.17, 15) is 19.2 Å². The minimum atomic E-state index is -0.959. The van der Waals surface area contributed by atoms with Crippen LogP contribution in [0.2, 0.25) is 0 Å². The molecule has 1 fully saturated rings. The number of furan rings is 1. The van der Waals surface area contributed by atoms with Crippen molar-refractivity contribution in [3.8, 4) is 0 Å². The number of hydrogen-bond acceptors (Lipinski definition) is 6. The Morgan fingerprint density at radius 1 is 1.17 bits per heavy atom. The predicted octanol–water partition coefficient (Wildman–Crippen LogP) is 2.68. The largest absolute Gasteiger partial charge is 0.467 e. The average Bonchev–Trinajstić information content (AvgIpc) is 3.48. The lowest BCUT2D eigenvalue weighted by Crippen LogP contribution is -2.40. The van der Waals surface area contributed by atoms with Crippen LogP contribution in [0.25, 0.3) is 0 Å². The van der Waals surface area contributed by atoms with Gasteiger partial charge < -0.3 is 14.5 Å². The van der Waals surface area contributed by atoms with Crippen LogP contribution in [0.1, 0.15) is 69.4 Å². The number of hydrogen-bond donors (Lipinski definition) is 1. The monoisotopic (exact) mass is 410 g/mol. The van der Waals surface area contributed by atoms with E-state index >= 15 is 0 Å². The number of nitrogens with one attached hydrogen (secondary N) is 1. The summed E-state index contributed by atoms with van der Waals surface area (Å²) in [5, 5.41) is 2.89. The van der Waals surface area contributed by atoms with Gasteiger partial charge in [0.1, 0.15) is 5.76 Å². The van der Waals surface area contributed by atoms with Crippen molar-refractivity contribution in [1.29, 1.82) is 0 Å². The standard InChI is InChI=1S/C22H22N2O6/c1-13(19(25)23-15-5-2-3-6-15)30-22(28)14-8-9-17-18(11-14)21(27)24(20(17)26)12-16-7-4-10-29-16/h4,7-11,13,15H,2-3,5-6,12H2,1H3,(H,23,25). The number of fused-ring (bicyclic) bond motifs is 1. The van der Waals surface area contributed by atoms with Gasteiger partial charge in [-0.15, -0.1) is 0 Å². The van der Waals surface area contributed by atoms with Crippen LogP contribution in [-0.4, -0.2) is 40.7 Å².